The van der Waals surface area contributed by atoms with Crippen molar-refractivity contribution in [3.63, 3.8) is 0 Å². The van der Waals surface area contributed by atoms with E-state index in [1.165, 1.54) is 4.90 Å². The molecule has 0 aliphatic rings. The van der Waals surface area contributed by atoms with E-state index in [1.807, 2.05) is 19.0 Å². The number of hydrogen-bond acceptors (Lipinski definition) is 3. The van der Waals surface area contributed by atoms with Crippen LogP contribution in [0.2, 0.25) is 0 Å². The molecule has 0 unspecified atom stereocenters. The second kappa shape index (κ2) is 6.37. The van der Waals surface area contributed by atoms with Gasteiger partial charge in [0, 0.05) is 27.1 Å². The molecule has 14 heavy (non-hydrogen) atoms. The molecule has 0 bridgehead atoms. The summed E-state index contributed by atoms with van der Waals surface area (Å²) in [6.07, 6.45) is 0.424. The number of amides is 2. The molecule has 0 aromatic rings. The van der Waals surface area contributed by atoms with Crippen molar-refractivity contribution in [1.29, 1.82) is 0 Å². The van der Waals surface area contributed by atoms with Crippen LogP contribution < -0.4 is 5.32 Å². The van der Waals surface area contributed by atoms with Crippen molar-refractivity contribution in [2.45, 2.75) is 6.42 Å². The van der Waals surface area contributed by atoms with Gasteiger partial charge in [-0.3, -0.25) is 9.59 Å². The highest BCUT2D eigenvalue weighted by molar-refractivity contribution is 5.84. The van der Waals surface area contributed by atoms with Crippen LogP contribution in [0.5, 0.6) is 0 Å². The van der Waals surface area contributed by atoms with Gasteiger partial charge in [0.05, 0.1) is 6.54 Å². The first kappa shape index (κ1) is 12.9. The quantitative estimate of drug-likeness (QED) is 0.630. The molecule has 0 spiro atoms. The van der Waals surface area contributed by atoms with Crippen molar-refractivity contribution < 1.29 is 9.59 Å². The number of hydrogen-bond donors (Lipinski definition) is 1. The molecule has 82 valence electrons. The summed E-state index contributed by atoms with van der Waals surface area (Å²) in [4.78, 5) is 25.6. The molecule has 0 aliphatic carbocycles. The first-order chi connectivity index (χ1) is 6.43. The first-order valence-electron chi connectivity index (χ1n) is 4.55. The van der Waals surface area contributed by atoms with E-state index >= 15 is 0 Å². The lowest BCUT2D eigenvalue weighted by atomic mass is 10.4. The molecule has 0 aromatic carbocycles. The Morgan fingerprint density at radius 3 is 2.14 bits per heavy atom. The van der Waals surface area contributed by atoms with E-state index in [2.05, 4.69) is 5.32 Å². The zero-order valence-corrected chi connectivity index (χ0v) is 9.33. The van der Waals surface area contributed by atoms with Gasteiger partial charge in [-0.15, -0.1) is 0 Å². The number of nitrogens with one attached hydrogen (secondary N) is 1. The van der Waals surface area contributed by atoms with Crippen LogP contribution in [-0.4, -0.2) is 62.9 Å². The molecule has 0 aromatic heterocycles. The molecule has 5 heteroatoms. The number of likely N-dealkylation sites (N-methyl/N-ethyl adjacent to an activating group) is 1. The van der Waals surface area contributed by atoms with Gasteiger partial charge >= 0.3 is 0 Å². The van der Waals surface area contributed by atoms with Gasteiger partial charge in [-0.25, -0.2) is 0 Å². The lowest BCUT2D eigenvalue weighted by Gasteiger charge is -2.12. The minimum Gasteiger partial charge on any atom is -0.347 e. The van der Waals surface area contributed by atoms with Crippen LogP contribution in [0.1, 0.15) is 6.42 Å². The van der Waals surface area contributed by atoms with Gasteiger partial charge in [-0.1, -0.05) is 0 Å². The number of carbonyl (C=O) groups excluding carboxylic acids is 2. The third-order valence-electron chi connectivity index (χ3n) is 1.72. The van der Waals surface area contributed by atoms with E-state index in [-0.39, 0.29) is 18.4 Å². The van der Waals surface area contributed by atoms with Crippen molar-refractivity contribution in [2.24, 2.45) is 0 Å². The zero-order valence-electron chi connectivity index (χ0n) is 9.33. The van der Waals surface area contributed by atoms with Crippen molar-refractivity contribution >= 4 is 11.8 Å². The number of nitrogens with zero attached hydrogens (tertiary/aromatic N) is 2. The summed E-state index contributed by atoms with van der Waals surface area (Å²) in [5, 5.41) is 2.56. The normalized spacial score (nSPS) is 10.1. The molecule has 1 N–H and O–H groups in total. The van der Waals surface area contributed by atoms with E-state index < -0.39 is 0 Å². The Morgan fingerprint density at radius 1 is 1.14 bits per heavy atom. The fraction of sp³-hybridized carbons (Fsp3) is 0.778. The van der Waals surface area contributed by atoms with E-state index in [9.17, 15) is 9.59 Å². The lowest BCUT2D eigenvalue weighted by molar-refractivity contribution is -0.130. The topological polar surface area (TPSA) is 52.7 Å². The highest BCUT2D eigenvalue weighted by atomic mass is 16.2. The predicted octanol–water partition coefficient (Wildman–Crippen LogP) is -0.857. The van der Waals surface area contributed by atoms with E-state index in [1.54, 1.807) is 14.1 Å². The molecule has 0 atom stereocenters. The molecule has 0 saturated carbocycles. The fourth-order valence-corrected chi connectivity index (χ4v) is 0.746. The summed E-state index contributed by atoms with van der Waals surface area (Å²) in [7, 11) is 7.12. The standard InChI is InChI=1S/C9H19N3O2/c1-11(2)6-5-8(13)10-7-9(14)12(3)4/h5-7H2,1-4H3,(H,10,13). The molecule has 0 radical (unpaired) electrons. The minimum atomic E-state index is -0.0943. The van der Waals surface area contributed by atoms with Crippen molar-refractivity contribution in [1.82, 2.24) is 15.1 Å². The Balaban J connectivity index is 3.59. The number of carbonyl (C=O) groups is 2. The third-order valence-corrected chi connectivity index (χ3v) is 1.72. The van der Waals surface area contributed by atoms with E-state index in [0.29, 0.717) is 13.0 Å². The van der Waals surface area contributed by atoms with Gasteiger partial charge in [0.1, 0.15) is 0 Å². The minimum absolute atomic E-state index is 0.0826. The second-order valence-corrected chi connectivity index (χ2v) is 3.62. The summed E-state index contributed by atoms with van der Waals surface area (Å²) in [6.45, 7) is 0.779. The van der Waals surface area contributed by atoms with Gasteiger partial charge in [0.25, 0.3) is 0 Å². The second-order valence-electron chi connectivity index (χ2n) is 3.62. The zero-order chi connectivity index (χ0) is 11.1. The molecule has 0 saturated heterocycles. The van der Waals surface area contributed by atoms with Crippen LogP contribution in [0.25, 0.3) is 0 Å². The largest absolute Gasteiger partial charge is 0.347 e. The van der Waals surface area contributed by atoms with Crippen molar-refractivity contribution in [2.75, 3.05) is 41.3 Å². The van der Waals surface area contributed by atoms with Crippen LogP contribution in [0, 0.1) is 0 Å². The monoisotopic (exact) mass is 201 g/mol. The number of rotatable bonds is 5. The maximum Gasteiger partial charge on any atom is 0.241 e. The van der Waals surface area contributed by atoms with Gasteiger partial charge in [-0.05, 0) is 14.1 Å². The summed E-state index contributed by atoms with van der Waals surface area (Å²) in [6, 6.07) is 0. The predicted molar refractivity (Wildman–Crippen MR) is 54.9 cm³/mol. The highest BCUT2D eigenvalue weighted by Crippen LogP contribution is 1.83. The van der Waals surface area contributed by atoms with E-state index in [4.69, 9.17) is 0 Å². The van der Waals surface area contributed by atoms with Crippen LogP contribution in [0.3, 0.4) is 0 Å². The Kier molecular flexibility index (Phi) is 5.87. The van der Waals surface area contributed by atoms with Crippen LogP contribution >= 0.6 is 0 Å². The summed E-state index contributed by atoms with van der Waals surface area (Å²) in [5.74, 6) is -0.183. The van der Waals surface area contributed by atoms with Crippen molar-refractivity contribution in [3.05, 3.63) is 0 Å². The highest BCUT2D eigenvalue weighted by Gasteiger charge is 2.06. The third kappa shape index (κ3) is 6.42. The van der Waals surface area contributed by atoms with Crippen LogP contribution in [0.4, 0.5) is 0 Å². The Labute approximate surface area is 85.1 Å². The summed E-state index contributed by atoms with van der Waals surface area (Å²) < 4.78 is 0. The Hall–Kier alpha value is -1.10. The van der Waals surface area contributed by atoms with Crippen LogP contribution in [-0.2, 0) is 9.59 Å². The van der Waals surface area contributed by atoms with Gasteiger partial charge in [0.15, 0.2) is 0 Å². The molecular weight excluding hydrogens is 182 g/mol. The average molecular weight is 201 g/mol. The molecular formula is C9H19N3O2. The van der Waals surface area contributed by atoms with E-state index in [0.717, 1.165) is 0 Å². The fourth-order valence-electron chi connectivity index (χ4n) is 0.746. The molecule has 0 fully saturated rings. The summed E-state index contributed by atoms with van der Waals surface area (Å²) in [5.41, 5.74) is 0. The molecule has 0 rings (SSSR count). The van der Waals surface area contributed by atoms with Gasteiger partial charge in [-0.2, -0.15) is 0 Å². The average Bonchev–Trinajstić information content (AvgIpc) is 2.10. The SMILES string of the molecule is CN(C)CCC(=O)NCC(=O)N(C)C. The molecule has 2 amide bonds. The smallest absolute Gasteiger partial charge is 0.241 e. The maximum atomic E-state index is 11.2. The molecule has 5 nitrogen and oxygen atoms in total. The first-order valence-corrected chi connectivity index (χ1v) is 4.55. The summed E-state index contributed by atoms with van der Waals surface area (Å²) >= 11 is 0. The molecule has 0 aliphatic heterocycles. The Bertz CT molecular complexity index is 202. The van der Waals surface area contributed by atoms with Crippen molar-refractivity contribution in [3.8, 4) is 0 Å². The Morgan fingerprint density at radius 2 is 1.71 bits per heavy atom. The lowest BCUT2D eigenvalue weighted by Crippen LogP contribution is -2.37. The van der Waals surface area contributed by atoms with Gasteiger partial charge < -0.3 is 15.1 Å². The maximum absolute atomic E-state index is 11.2. The van der Waals surface area contributed by atoms with Crippen LogP contribution in [0.15, 0.2) is 0 Å². The van der Waals surface area contributed by atoms with Gasteiger partial charge in [0.2, 0.25) is 11.8 Å². The molecule has 0 heterocycles.